The largest absolute Gasteiger partial charge is 0.508 e. The number of piperazine rings is 1. The van der Waals surface area contributed by atoms with Crippen LogP contribution in [0.1, 0.15) is 53.5 Å². The van der Waals surface area contributed by atoms with Crippen LogP contribution < -0.4 is 9.80 Å². The summed E-state index contributed by atoms with van der Waals surface area (Å²) in [5, 5.41) is 11.2. The van der Waals surface area contributed by atoms with Gasteiger partial charge in [0.05, 0.1) is 22.6 Å². The van der Waals surface area contributed by atoms with Crippen LogP contribution in [0.2, 0.25) is 0 Å². The second-order valence-corrected chi connectivity index (χ2v) is 13.7. The fraction of sp³-hybridized carbons (Fsp3) is 0.500. The van der Waals surface area contributed by atoms with E-state index in [1.807, 2.05) is 27.7 Å². The lowest BCUT2D eigenvalue weighted by Gasteiger charge is -2.45. The molecular formula is C36H44F3N7O3. The summed E-state index contributed by atoms with van der Waals surface area (Å²) in [5.41, 5.74) is -0.132. The molecule has 10 nitrogen and oxygen atoms in total. The van der Waals surface area contributed by atoms with E-state index < -0.39 is 23.9 Å². The molecule has 49 heavy (non-hydrogen) atoms. The molecule has 4 heterocycles. The minimum absolute atomic E-state index is 0.0572. The van der Waals surface area contributed by atoms with Crippen LogP contribution in [0.15, 0.2) is 30.5 Å². The number of fused-ring (bicyclic) bond motifs is 2. The normalized spacial score (nSPS) is 17.3. The molecule has 2 saturated heterocycles. The molecular weight excluding hydrogens is 635 g/mol. The Labute approximate surface area is 284 Å². The van der Waals surface area contributed by atoms with Crippen molar-refractivity contribution >= 4 is 39.5 Å². The summed E-state index contributed by atoms with van der Waals surface area (Å²) in [6.45, 7) is 15.3. The van der Waals surface area contributed by atoms with Crippen LogP contribution >= 0.6 is 0 Å². The van der Waals surface area contributed by atoms with Gasteiger partial charge in [-0.15, -0.1) is 0 Å². The molecule has 2 aromatic heterocycles. The van der Waals surface area contributed by atoms with E-state index in [1.54, 1.807) is 4.90 Å². The fourth-order valence-corrected chi connectivity index (χ4v) is 6.97. The molecule has 1 unspecified atom stereocenters. The third-order valence-corrected chi connectivity index (χ3v) is 9.54. The lowest BCUT2D eigenvalue weighted by molar-refractivity contribution is 0.0136. The van der Waals surface area contributed by atoms with Crippen molar-refractivity contribution in [1.29, 1.82) is 0 Å². The SMILES string of the molecule is CCC1CN(c2nc(N3CC(N(CC)CC)C3)nc3c(CF)c(-c4cc(O)cc5ccc(F)c(F)c45)ncc23)CCN1C(=O)OC(C)(C)C. The quantitative estimate of drug-likeness (QED) is 0.219. The number of carbonyl (C=O) groups is 1. The van der Waals surface area contributed by atoms with Gasteiger partial charge in [-0.25, -0.2) is 22.9 Å². The van der Waals surface area contributed by atoms with E-state index in [0.717, 1.165) is 19.2 Å². The molecule has 6 rings (SSSR count). The third kappa shape index (κ3) is 6.52. The number of pyridine rings is 1. The van der Waals surface area contributed by atoms with Crippen molar-refractivity contribution in [3.05, 3.63) is 47.7 Å². The van der Waals surface area contributed by atoms with Crippen molar-refractivity contribution in [2.75, 3.05) is 55.6 Å². The Balaban J connectivity index is 1.48. The highest BCUT2D eigenvalue weighted by Gasteiger charge is 2.36. The van der Waals surface area contributed by atoms with Crippen LogP contribution in [-0.4, -0.2) is 99.4 Å². The molecule has 2 fully saturated rings. The van der Waals surface area contributed by atoms with Gasteiger partial charge in [-0.3, -0.25) is 9.88 Å². The minimum Gasteiger partial charge on any atom is -0.508 e. The fourth-order valence-electron chi connectivity index (χ4n) is 6.97. The molecule has 2 aromatic carbocycles. The molecule has 0 spiro atoms. The first kappa shape index (κ1) is 34.5. The smallest absolute Gasteiger partial charge is 0.410 e. The number of hydrogen-bond acceptors (Lipinski definition) is 9. The molecule has 1 amide bonds. The molecule has 2 aliphatic rings. The number of phenolic OH excluding ortho intramolecular Hbond substituents is 1. The molecule has 0 aliphatic carbocycles. The van der Waals surface area contributed by atoms with Gasteiger partial charge in [0.25, 0.3) is 0 Å². The van der Waals surface area contributed by atoms with Gasteiger partial charge in [0.1, 0.15) is 23.8 Å². The van der Waals surface area contributed by atoms with E-state index in [9.17, 15) is 14.3 Å². The highest BCUT2D eigenvalue weighted by molar-refractivity contribution is 6.02. The number of likely N-dealkylation sites (N-methyl/N-ethyl adjacent to an activating group) is 1. The number of hydrogen-bond donors (Lipinski definition) is 1. The van der Waals surface area contributed by atoms with Gasteiger partial charge < -0.3 is 24.5 Å². The lowest BCUT2D eigenvalue weighted by atomic mass is 9.96. The second kappa shape index (κ2) is 13.5. The molecule has 1 atom stereocenters. The standard InChI is InChI=1S/C36H44F3N7O3/c1-7-22-18-44(12-13-46(22)35(48)49-36(4,5)6)33-27-17-40-31(25-15-24(47)14-21-10-11-28(38)30(39)29(21)25)26(16-37)32(27)41-34(42-33)45-19-23(20-45)43(8-2)9-3/h10-11,14-15,17,22-23,47H,7-9,12-13,16,18-20H2,1-6H3. The number of ether oxygens (including phenoxy) is 1. The van der Waals surface area contributed by atoms with Gasteiger partial charge >= 0.3 is 6.09 Å². The maximum atomic E-state index is 15.3. The van der Waals surface area contributed by atoms with Crippen molar-refractivity contribution in [3.8, 4) is 17.0 Å². The van der Waals surface area contributed by atoms with E-state index in [-0.39, 0.29) is 45.5 Å². The van der Waals surface area contributed by atoms with Gasteiger partial charge in [-0.2, -0.15) is 4.98 Å². The van der Waals surface area contributed by atoms with E-state index in [1.165, 1.54) is 24.4 Å². The summed E-state index contributed by atoms with van der Waals surface area (Å²) in [6.07, 6.45) is 1.84. The van der Waals surface area contributed by atoms with Crippen LogP contribution in [0.4, 0.5) is 29.7 Å². The number of amides is 1. The third-order valence-electron chi connectivity index (χ3n) is 9.54. The van der Waals surface area contributed by atoms with Crippen molar-refractivity contribution in [2.24, 2.45) is 0 Å². The Morgan fingerprint density at radius 1 is 1.04 bits per heavy atom. The van der Waals surface area contributed by atoms with Crippen LogP contribution in [0.3, 0.4) is 0 Å². The Bertz CT molecular complexity index is 1880. The molecule has 0 radical (unpaired) electrons. The van der Waals surface area contributed by atoms with E-state index >= 15 is 8.78 Å². The molecule has 13 heteroatoms. The van der Waals surface area contributed by atoms with Crippen molar-refractivity contribution < 1.29 is 27.8 Å². The minimum atomic E-state index is -1.11. The maximum absolute atomic E-state index is 15.3. The topological polar surface area (TPSA) is 98.2 Å². The number of nitrogens with zero attached hydrogens (tertiary/aromatic N) is 7. The van der Waals surface area contributed by atoms with Crippen molar-refractivity contribution in [2.45, 2.75) is 72.3 Å². The molecule has 262 valence electrons. The van der Waals surface area contributed by atoms with E-state index in [2.05, 4.69) is 33.5 Å². The second-order valence-electron chi connectivity index (χ2n) is 13.7. The Morgan fingerprint density at radius 2 is 1.78 bits per heavy atom. The molecule has 0 bridgehead atoms. The van der Waals surface area contributed by atoms with Crippen LogP contribution in [0.5, 0.6) is 5.75 Å². The Kier molecular flexibility index (Phi) is 9.49. The van der Waals surface area contributed by atoms with Gasteiger partial charge in [0, 0.05) is 61.5 Å². The maximum Gasteiger partial charge on any atom is 0.410 e. The summed E-state index contributed by atoms with van der Waals surface area (Å²) in [6, 6.07) is 5.10. The number of aromatic nitrogens is 3. The van der Waals surface area contributed by atoms with Gasteiger partial charge in [0.2, 0.25) is 5.95 Å². The van der Waals surface area contributed by atoms with Crippen LogP contribution in [0, 0.1) is 11.6 Å². The zero-order valence-electron chi connectivity index (χ0n) is 28.9. The average Bonchev–Trinajstić information content (AvgIpc) is 3.05. The number of benzene rings is 2. The lowest BCUT2D eigenvalue weighted by Crippen LogP contribution is -2.60. The van der Waals surface area contributed by atoms with Crippen molar-refractivity contribution in [3.63, 3.8) is 0 Å². The summed E-state index contributed by atoms with van der Waals surface area (Å²) < 4.78 is 50.8. The number of alkyl halides is 1. The highest BCUT2D eigenvalue weighted by atomic mass is 19.2. The number of carbonyl (C=O) groups excluding carboxylic acids is 1. The number of rotatable bonds is 8. The first-order chi connectivity index (χ1) is 23.4. The summed E-state index contributed by atoms with van der Waals surface area (Å²) in [7, 11) is 0. The summed E-state index contributed by atoms with van der Waals surface area (Å²) >= 11 is 0. The van der Waals surface area contributed by atoms with Crippen LogP contribution in [-0.2, 0) is 11.4 Å². The predicted octanol–water partition coefficient (Wildman–Crippen LogP) is 6.66. The Morgan fingerprint density at radius 3 is 2.43 bits per heavy atom. The van der Waals surface area contributed by atoms with Crippen molar-refractivity contribution in [1.82, 2.24) is 24.8 Å². The first-order valence-corrected chi connectivity index (χ1v) is 17.0. The zero-order chi connectivity index (χ0) is 35.2. The molecule has 0 saturated carbocycles. The highest BCUT2D eigenvalue weighted by Crippen LogP contribution is 2.40. The number of aromatic hydroxyl groups is 1. The van der Waals surface area contributed by atoms with Gasteiger partial charge in [-0.05, 0) is 63.9 Å². The average molecular weight is 680 g/mol. The summed E-state index contributed by atoms with van der Waals surface area (Å²) in [4.78, 5) is 35.9. The number of halogens is 3. The molecule has 4 aromatic rings. The Hall–Kier alpha value is -4.39. The number of phenols is 1. The predicted molar refractivity (Wildman–Crippen MR) is 185 cm³/mol. The van der Waals surface area contributed by atoms with E-state index in [4.69, 9.17) is 14.7 Å². The monoisotopic (exact) mass is 679 g/mol. The van der Waals surface area contributed by atoms with Gasteiger partial charge in [0.15, 0.2) is 11.6 Å². The summed E-state index contributed by atoms with van der Waals surface area (Å²) in [5.74, 6) is -1.38. The molecule has 1 N–H and O–H groups in total. The zero-order valence-corrected chi connectivity index (χ0v) is 28.9. The van der Waals surface area contributed by atoms with Crippen LogP contribution in [0.25, 0.3) is 32.9 Å². The first-order valence-electron chi connectivity index (χ1n) is 17.0. The molecule has 2 aliphatic heterocycles. The number of anilines is 2. The van der Waals surface area contributed by atoms with Gasteiger partial charge in [-0.1, -0.05) is 26.8 Å². The van der Waals surface area contributed by atoms with E-state index in [0.29, 0.717) is 67.9 Å².